The van der Waals surface area contributed by atoms with Gasteiger partial charge in [0, 0.05) is 18.3 Å². The van der Waals surface area contributed by atoms with Crippen molar-refractivity contribution >= 4 is 22.6 Å². The molecule has 0 aliphatic carbocycles. The van der Waals surface area contributed by atoms with E-state index in [2.05, 4.69) is 9.97 Å². The molecule has 0 aliphatic heterocycles. The van der Waals surface area contributed by atoms with E-state index in [0.29, 0.717) is 22.9 Å². The fourth-order valence-electron chi connectivity index (χ4n) is 2.94. The van der Waals surface area contributed by atoms with Crippen molar-refractivity contribution < 1.29 is 9.13 Å². The summed E-state index contributed by atoms with van der Waals surface area (Å²) in [7, 11) is 1.63. The third-order valence-electron chi connectivity index (χ3n) is 4.24. The molecule has 6 heteroatoms. The Balaban J connectivity index is 1.89. The van der Waals surface area contributed by atoms with Gasteiger partial charge >= 0.3 is 0 Å². The van der Waals surface area contributed by atoms with E-state index in [9.17, 15) is 4.39 Å². The van der Waals surface area contributed by atoms with Gasteiger partial charge in [-0.2, -0.15) is 4.39 Å². The Morgan fingerprint density at radius 3 is 2.58 bits per heavy atom. The van der Waals surface area contributed by atoms with E-state index in [1.165, 1.54) is 6.20 Å². The zero-order valence-corrected chi connectivity index (χ0v) is 14.7. The maximum Gasteiger partial charge on any atom is 0.240 e. The van der Waals surface area contributed by atoms with Crippen LogP contribution in [0.15, 0.2) is 60.8 Å². The second-order valence-corrected chi connectivity index (χ2v) is 6.23. The van der Waals surface area contributed by atoms with Crippen molar-refractivity contribution in [2.75, 3.05) is 7.11 Å². The van der Waals surface area contributed by atoms with E-state index in [0.717, 1.165) is 16.9 Å². The van der Waals surface area contributed by atoms with Crippen LogP contribution in [0, 0.1) is 5.95 Å². The van der Waals surface area contributed by atoms with Crippen LogP contribution in [0.3, 0.4) is 0 Å². The Bertz CT molecular complexity index is 1080. The molecule has 130 valence electrons. The summed E-state index contributed by atoms with van der Waals surface area (Å²) in [6.07, 6.45) is 1.44. The number of rotatable bonds is 4. The van der Waals surface area contributed by atoms with Crippen molar-refractivity contribution in [1.29, 1.82) is 0 Å². The molecule has 0 amide bonds. The molecular formula is C20H15ClFN3O. The minimum Gasteiger partial charge on any atom is -0.497 e. The maximum atomic E-state index is 14.2. The Kier molecular flexibility index (Phi) is 4.31. The average Bonchev–Trinajstić information content (AvgIpc) is 3.02. The van der Waals surface area contributed by atoms with Gasteiger partial charge in [0.1, 0.15) is 17.1 Å². The highest BCUT2D eigenvalue weighted by molar-refractivity contribution is 6.33. The van der Waals surface area contributed by atoms with Gasteiger partial charge in [-0.15, -0.1) is 0 Å². The molecule has 0 radical (unpaired) electrons. The molecule has 0 fully saturated rings. The molecule has 0 unspecified atom stereocenters. The van der Waals surface area contributed by atoms with Crippen LogP contribution in [-0.4, -0.2) is 21.6 Å². The number of halogens is 2. The number of hydrogen-bond donors (Lipinski definition) is 0. The highest BCUT2D eigenvalue weighted by Crippen LogP contribution is 2.31. The number of aromatic nitrogens is 3. The van der Waals surface area contributed by atoms with Gasteiger partial charge in [0.25, 0.3) is 0 Å². The van der Waals surface area contributed by atoms with Crippen molar-refractivity contribution in [3.63, 3.8) is 0 Å². The minimum atomic E-state index is -0.593. The summed E-state index contributed by atoms with van der Waals surface area (Å²) < 4.78 is 21.3. The van der Waals surface area contributed by atoms with Crippen LogP contribution in [0.5, 0.6) is 5.75 Å². The summed E-state index contributed by atoms with van der Waals surface area (Å²) in [4.78, 5) is 8.21. The van der Waals surface area contributed by atoms with Crippen molar-refractivity contribution in [2.45, 2.75) is 6.54 Å². The van der Waals surface area contributed by atoms with Crippen molar-refractivity contribution in [3.8, 4) is 17.1 Å². The van der Waals surface area contributed by atoms with Crippen LogP contribution in [0.1, 0.15) is 5.56 Å². The monoisotopic (exact) mass is 367 g/mol. The molecule has 26 heavy (non-hydrogen) atoms. The van der Waals surface area contributed by atoms with Crippen molar-refractivity contribution in [3.05, 3.63) is 77.3 Å². The van der Waals surface area contributed by atoms with Gasteiger partial charge in [0.15, 0.2) is 0 Å². The van der Waals surface area contributed by atoms with Gasteiger partial charge in [-0.25, -0.2) is 9.97 Å². The molecule has 0 atom stereocenters. The number of fused-ring (bicyclic) bond motifs is 1. The molecule has 2 heterocycles. The number of imidazole rings is 1. The number of methoxy groups -OCH3 is 1. The summed E-state index contributed by atoms with van der Waals surface area (Å²) in [5.74, 6) is 0.795. The summed E-state index contributed by atoms with van der Waals surface area (Å²) in [6.45, 7) is 0.518. The second-order valence-electron chi connectivity index (χ2n) is 5.82. The van der Waals surface area contributed by atoms with E-state index in [1.54, 1.807) is 19.2 Å². The molecule has 4 aromatic rings. The topological polar surface area (TPSA) is 39.9 Å². The molecule has 0 saturated heterocycles. The summed E-state index contributed by atoms with van der Waals surface area (Å²) in [5.41, 5.74) is 2.69. The van der Waals surface area contributed by atoms with E-state index in [-0.39, 0.29) is 5.52 Å². The number of benzene rings is 2. The first-order valence-corrected chi connectivity index (χ1v) is 8.44. The van der Waals surface area contributed by atoms with Crippen LogP contribution < -0.4 is 4.74 Å². The number of ether oxygens (including phenoxy) is 1. The Morgan fingerprint density at radius 1 is 1.08 bits per heavy atom. The van der Waals surface area contributed by atoms with Crippen LogP contribution in [0.25, 0.3) is 22.4 Å². The average molecular weight is 368 g/mol. The largest absolute Gasteiger partial charge is 0.497 e. The summed E-state index contributed by atoms with van der Waals surface area (Å²) in [5, 5.41) is 0.562. The van der Waals surface area contributed by atoms with Gasteiger partial charge in [-0.1, -0.05) is 35.9 Å². The summed E-state index contributed by atoms with van der Waals surface area (Å²) >= 11 is 6.36. The molecule has 2 aromatic heterocycles. The van der Waals surface area contributed by atoms with Crippen molar-refractivity contribution in [1.82, 2.24) is 14.5 Å². The van der Waals surface area contributed by atoms with Crippen LogP contribution in [0.4, 0.5) is 4.39 Å². The Labute approximate surface area is 154 Å². The molecule has 4 nitrogen and oxygen atoms in total. The molecular weight excluding hydrogens is 353 g/mol. The normalized spacial score (nSPS) is 11.0. The maximum absolute atomic E-state index is 14.2. The molecule has 0 aliphatic rings. The smallest absolute Gasteiger partial charge is 0.240 e. The second kappa shape index (κ2) is 6.77. The van der Waals surface area contributed by atoms with Gasteiger partial charge in [-0.3, -0.25) is 0 Å². The third-order valence-corrected chi connectivity index (χ3v) is 4.57. The first kappa shape index (κ1) is 16.5. The first-order valence-electron chi connectivity index (χ1n) is 8.06. The highest BCUT2D eigenvalue weighted by atomic mass is 35.5. The molecule has 0 spiro atoms. The summed E-state index contributed by atoms with van der Waals surface area (Å²) in [6, 6.07) is 16.9. The molecule has 0 saturated carbocycles. The first-order chi connectivity index (χ1) is 12.7. The predicted octanol–water partition coefficient (Wildman–Crippen LogP) is 4.95. The fraction of sp³-hybridized carbons (Fsp3) is 0.100. The quantitative estimate of drug-likeness (QED) is 0.479. The third kappa shape index (κ3) is 2.91. The Hall–Kier alpha value is -2.92. The molecule has 0 N–H and O–H groups in total. The number of hydrogen-bond acceptors (Lipinski definition) is 3. The van der Waals surface area contributed by atoms with E-state index >= 15 is 0 Å². The van der Waals surface area contributed by atoms with Crippen LogP contribution in [-0.2, 0) is 6.54 Å². The van der Waals surface area contributed by atoms with E-state index in [4.69, 9.17) is 16.3 Å². The lowest BCUT2D eigenvalue weighted by Gasteiger charge is -2.11. The van der Waals surface area contributed by atoms with Gasteiger partial charge in [-0.05, 0) is 35.9 Å². The molecule has 0 bridgehead atoms. The van der Waals surface area contributed by atoms with Gasteiger partial charge in [0.05, 0.1) is 17.6 Å². The lowest BCUT2D eigenvalue weighted by molar-refractivity contribution is 0.414. The predicted molar refractivity (Wildman–Crippen MR) is 100 cm³/mol. The van der Waals surface area contributed by atoms with Crippen LogP contribution in [0.2, 0.25) is 5.02 Å². The van der Waals surface area contributed by atoms with Gasteiger partial charge in [0.2, 0.25) is 5.95 Å². The van der Waals surface area contributed by atoms with Gasteiger partial charge < -0.3 is 9.30 Å². The standard InChI is InChI=1S/C20H15ClFN3O/c1-26-14-8-6-13(7-9-14)12-25-17-10-11-23-19(22)18(17)24-20(25)15-4-2-3-5-16(15)21/h2-11H,12H2,1H3. The zero-order chi connectivity index (χ0) is 18.1. The number of nitrogens with zero attached hydrogens (tertiary/aromatic N) is 3. The molecule has 4 rings (SSSR count). The number of pyridine rings is 1. The lowest BCUT2D eigenvalue weighted by atomic mass is 10.2. The Morgan fingerprint density at radius 2 is 1.85 bits per heavy atom. The fourth-order valence-corrected chi connectivity index (χ4v) is 3.16. The van der Waals surface area contributed by atoms with E-state index in [1.807, 2.05) is 47.0 Å². The van der Waals surface area contributed by atoms with E-state index < -0.39 is 5.95 Å². The highest BCUT2D eigenvalue weighted by Gasteiger charge is 2.18. The zero-order valence-electron chi connectivity index (χ0n) is 14.0. The molecule has 2 aromatic carbocycles. The van der Waals surface area contributed by atoms with Crippen LogP contribution >= 0.6 is 11.6 Å². The SMILES string of the molecule is COc1ccc(Cn2c(-c3ccccc3Cl)nc3c(F)nccc32)cc1. The minimum absolute atomic E-state index is 0.232. The lowest BCUT2D eigenvalue weighted by Crippen LogP contribution is -2.02. The van der Waals surface area contributed by atoms with Crippen molar-refractivity contribution in [2.24, 2.45) is 0 Å².